The van der Waals surface area contributed by atoms with Crippen LogP contribution in [0.3, 0.4) is 0 Å². The first-order valence-corrected chi connectivity index (χ1v) is 7.55. The molecule has 6 nitrogen and oxygen atoms in total. The molecule has 1 N–H and O–H groups in total. The zero-order valence-corrected chi connectivity index (χ0v) is 14.0. The van der Waals surface area contributed by atoms with Gasteiger partial charge in [-0.05, 0) is 36.4 Å². The lowest BCUT2D eigenvalue weighted by Gasteiger charge is -2.13. The molecule has 0 heterocycles. The molecule has 2 rings (SSSR count). The van der Waals surface area contributed by atoms with E-state index in [1.54, 1.807) is 12.1 Å². The van der Waals surface area contributed by atoms with E-state index >= 15 is 0 Å². The van der Waals surface area contributed by atoms with E-state index in [4.69, 9.17) is 9.47 Å². The van der Waals surface area contributed by atoms with E-state index in [0.29, 0.717) is 5.69 Å². The van der Waals surface area contributed by atoms with Gasteiger partial charge in [0, 0.05) is 31.5 Å². The van der Waals surface area contributed by atoms with Crippen LogP contribution >= 0.6 is 0 Å². The first-order chi connectivity index (χ1) is 11.9. The number of halogens is 1. The third-order valence-electron chi connectivity index (χ3n) is 3.18. The van der Waals surface area contributed by atoms with Crippen LogP contribution in [-0.2, 0) is 14.3 Å². The van der Waals surface area contributed by atoms with Gasteiger partial charge in [0.1, 0.15) is 11.6 Å². The fourth-order valence-corrected chi connectivity index (χ4v) is 1.93. The molecule has 1 amide bonds. The largest absolute Gasteiger partial charge is 0.482 e. The summed E-state index contributed by atoms with van der Waals surface area (Å²) >= 11 is 0. The van der Waals surface area contributed by atoms with Crippen LogP contribution in [0, 0.1) is 5.82 Å². The van der Waals surface area contributed by atoms with Crippen molar-refractivity contribution in [1.29, 1.82) is 0 Å². The fraction of sp³-hybridized carbons (Fsp3) is 0.222. The summed E-state index contributed by atoms with van der Waals surface area (Å²) in [5.41, 5.74) is 1.60. The van der Waals surface area contributed by atoms with Crippen LogP contribution in [0.15, 0.2) is 48.5 Å². The van der Waals surface area contributed by atoms with Gasteiger partial charge in [-0.2, -0.15) is 0 Å². The number of nitrogens with one attached hydrogen (secondary N) is 1. The van der Waals surface area contributed by atoms with E-state index in [2.05, 4.69) is 5.32 Å². The predicted molar refractivity (Wildman–Crippen MR) is 92.3 cm³/mol. The molecule has 0 aliphatic rings. The lowest BCUT2D eigenvalue weighted by atomic mass is 10.2. The number of ether oxygens (including phenoxy) is 2. The van der Waals surface area contributed by atoms with Gasteiger partial charge in [-0.15, -0.1) is 0 Å². The van der Waals surface area contributed by atoms with Gasteiger partial charge in [0.05, 0.1) is 0 Å². The second-order valence-electron chi connectivity index (χ2n) is 5.40. The topological polar surface area (TPSA) is 67.9 Å². The first-order valence-electron chi connectivity index (χ1n) is 7.55. The third-order valence-corrected chi connectivity index (χ3v) is 3.18. The Balaban J connectivity index is 1.72. The predicted octanol–water partition coefficient (Wildman–Crippen LogP) is 2.45. The molecule has 0 spiro atoms. The summed E-state index contributed by atoms with van der Waals surface area (Å²) in [6.45, 7) is -0.838. The Kier molecular flexibility index (Phi) is 6.33. The Hall–Kier alpha value is -3.09. The Morgan fingerprint density at radius 1 is 1.08 bits per heavy atom. The number of nitrogens with zero attached hydrogens (tertiary/aromatic N) is 1. The number of hydrogen-bond acceptors (Lipinski definition) is 5. The second kappa shape index (κ2) is 8.68. The molecule has 0 fully saturated rings. The molecule has 0 aliphatic heterocycles. The van der Waals surface area contributed by atoms with Crippen molar-refractivity contribution in [3.8, 4) is 5.75 Å². The average Bonchev–Trinajstić information content (AvgIpc) is 2.58. The van der Waals surface area contributed by atoms with Gasteiger partial charge < -0.3 is 19.7 Å². The molecule has 0 bridgehead atoms. The molecule has 0 saturated carbocycles. The highest BCUT2D eigenvalue weighted by Crippen LogP contribution is 2.15. The van der Waals surface area contributed by atoms with Gasteiger partial charge >= 0.3 is 5.97 Å². The number of benzene rings is 2. The van der Waals surface area contributed by atoms with E-state index in [0.717, 1.165) is 11.8 Å². The maximum atomic E-state index is 13.0. The number of carbonyl (C=O) groups is 2. The van der Waals surface area contributed by atoms with Crippen molar-refractivity contribution in [2.45, 2.75) is 0 Å². The Morgan fingerprint density at radius 2 is 1.80 bits per heavy atom. The SMILES string of the molecule is CN(C)c1ccc(NC(=O)COC(=O)COc2cccc(F)c2)cc1. The second-order valence-corrected chi connectivity index (χ2v) is 5.40. The van der Waals surface area contributed by atoms with Gasteiger partial charge in [-0.25, -0.2) is 9.18 Å². The van der Waals surface area contributed by atoms with Gasteiger partial charge in [0.15, 0.2) is 13.2 Å². The van der Waals surface area contributed by atoms with Gasteiger partial charge in [0.2, 0.25) is 0 Å². The molecule has 25 heavy (non-hydrogen) atoms. The van der Waals surface area contributed by atoms with Crippen molar-refractivity contribution in [2.24, 2.45) is 0 Å². The smallest absolute Gasteiger partial charge is 0.344 e. The Morgan fingerprint density at radius 3 is 2.44 bits per heavy atom. The van der Waals surface area contributed by atoms with Crippen molar-refractivity contribution in [1.82, 2.24) is 0 Å². The van der Waals surface area contributed by atoms with Crippen molar-refractivity contribution in [3.63, 3.8) is 0 Å². The van der Waals surface area contributed by atoms with Crippen LogP contribution < -0.4 is 15.0 Å². The van der Waals surface area contributed by atoms with Crippen LogP contribution in [-0.4, -0.2) is 39.2 Å². The molecule has 2 aromatic rings. The maximum Gasteiger partial charge on any atom is 0.344 e. The summed E-state index contributed by atoms with van der Waals surface area (Å²) in [5.74, 6) is -1.44. The highest BCUT2D eigenvalue weighted by atomic mass is 19.1. The number of rotatable bonds is 7. The van der Waals surface area contributed by atoms with Crippen LogP contribution in [0.1, 0.15) is 0 Å². The quantitative estimate of drug-likeness (QED) is 0.780. The normalized spacial score (nSPS) is 10.0. The minimum atomic E-state index is -0.720. The van der Waals surface area contributed by atoms with E-state index in [1.807, 2.05) is 31.1 Å². The first kappa shape index (κ1) is 18.3. The van der Waals surface area contributed by atoms with E-state index in [1.165, 1.54) is 18.2 Å². The lowest BCUT2D eigenvalue weighted by Crippen LogP contribution is -2.23. The van der Waals surface area contributed by atoms with Crippen molar-refractivity contribution < 1.29 is 23.5 Å². The zero-order chi connectivity index (χ0) is 18.2. The summed E-state index contributed by atoms with van der Waals surface area (Å²) in [6, 6.07) is 12.6. The summed E-state index contributed by atoms with van der Waals surface area (Å²) in [5, 5.41) is 2.62. The summed E-state index contributed by atoms with van der Waals surface area (Å²) < 4.78 is 22.9. The van der Waals surface area contributed by atoms with Crippen molar-refractivity contribution >= 4 is 23.3 Å². The minimum Gasteiger partial charge on any atom is -0.482 e. The van der Waals surface area contributed by atoms with Gasteiger partial charge in [0.25, 0.3) is 5.91 Å². The molecule has 0 aliphatic carbocycles. The van der Waals surface area contributed by atoms with Gasteiger partial charge in [-0.1, -0.05) is 6.07 Å². The molecule has 0 atom stereocenters. The van der Waals surface area contributed by atoms with E-state index < -0.39 is 30.9 Å². The molecule has 0 saturated heterocycles. The van der Waals surface area contributed by atoms with Crippen LogP contribution in [0.4, 0.5) is 15.8 Å². The summed E-state index contributed by atoms with van der Waals surface area (Å²) in [4.78, 5) is 25.3. The zero-order valence-electron chi connectivity index (χ0n) is 14.0. The maximum absolute atomic E-state index is 13.0. The highest BCUT2D eigenvalue weighted by Gasteiger charge is 2.09. The summed E-state index contributed by atoms with van der Waals surface area (Å²) in [6.07, 6.45) is 0. The monoisotopic (exact) mass is 346 g/mol. The van der Waals surface area contributed by atoms with Crippen LogP contribution in [0.25, 0.3) is 0 Å². The molecule has 7 heteroatoms. The average molecular weight is 346 g/mol. The minimum absolute atomic E-state index is 0.211. The van der Waals surface area contributed by atoms with Crippen LogP contribution in [0.5, 0.6) is 5.75 Å². The molecule has 0 unspecified atom stereocenters. The lowest BCUT2D eigenvalue weighted by molar-refractivity contribution is -0.149. The van der Waals surface area contributed by atoms with E-state index in [9.17, 15) is 14.0 Å². The Bertz CT molecular complexity index is 732. The molecule has 132 valence electrons. The number of amides is 1. The highest BCUT2D eigenvalue weighted by molar-refractivity contribution is 5.93. The number of anilines is 2. The molecular formula is C18H19FN2O4. The van der Waals surface area contributed by atoms with Crippen molar-refractivity contribution in [2.75, 3.05) is 37.5 Å². The third kappa shape index (κ3) is 6.14. The molecule has 2 aromatic carbocycles. The standard InChI is InChI=1S/C18H19FN2O4/c1-21(2)15-8-6-14(7-9-15)20-17(22)11-25-18(23)12-24-16-5-3-4-13(19)10-16/h3-10H,11-12H2,1-2H3,(H,20,22). The van der Waals surface area contributed by atoms with Gasteiger partial charge in [-0.3, -0.25) is 4.79 Å². The number of esters is 1. The Labute approximate surface area is 145 Å². The molecular weight excluding hydrogens is 327 g/mol. The number of carbonyl (C=O) groups excluding carboxylic acids is 2. The fourth-order valence-electron chi connectivity index (χ4n) is 1.93. The van der Waals surface area contributed by atoms with E-state index in [-0.39, 0.29) is 5.75 Å². The van der Waals surface area contributed by atoms with Crippen molar-refractivity contribution in [3.05, 3.63) is 54.3 Å². The molecule has 0 aromatic heterocycles. The molecule has 0 radical (unpaired) electrons. The number of hydrogen-bond donors (Lipinski definition) is 1. The summed E-state index contributed by atoms with van der Waals surface area (Å²) in [7, 11) is 3.83. The van der Waals surface area contributed by atoms with Crippen LogP contribution in [0.2, 0.25) is 0 Å².